The molecule has 1 fully saturated rings. The molecule has 0 aliphatic carbocycles. The molecule has 0 amide bonds. The average molecular weight is 183 g/mol. The molecule has 5 heteroatoms. The maximum absolute atomic E-state index is 12.3. The molecule has 0 aromatic carbocycles. The lowest BCUT2D eigenvalue weighted by Crippen LogP contribution is -2.43. The number of hydrogen-bond donors (Lipinski definition) is 1. The molecule has 72 valence electrons. The summed E-state index contributed by atoms with van der Waals surface area (Å²) in [5.41, 5.74) is 0. The van der Waals surface area contributed by atoms with E-state index in [0.29, 0.717) is 13.0 Å². The van der Waals surface area contributed by atoms with E-state index in [1.165, 1.54) is 11.9 Å². The van der Waals surface area contributed by atoms with E-state index in [2.05, 4.69) is 0 Å². The SMILES string of the molecule is CN1CC[C@H](CO)[C@H]1C(F)(F)F. The third-order valence-electron chi connectivity index (χ3n) is 2.34. The Bertz CT molecular complexity index is 159. The zero-order valence-corrected chi connectivity index (χ0v) is 6.80. The van der Waals surface area contributed by atoms with Gasteiger partial charge >= 0.3 is 6.18 Å². The number of aliphatic hydroxyl groups excluding tert-OH is 1. The third-order valence-corrected chi connectivity index (χ3v) is 2.34. The molecule has 0 bridgehead atoms. The van der Waals surface area contributed by atoms with E-state index in [0.717, 1.165) is 0 Å². The quantitative estimate of drug-likeness (QED) is 0.651. The van der Waals surface area contributed by atoms with Crippen LogP contribution in [0.15, 0.2) is 0 Å². The first-order valence-corrected chi connectivity index (χ1v) is 3.84. The Morgan fingerprint density at radius 3 is 2.42 bits per heavy atom. The Morgan fingerprint density at radius 1 is 1.50 bits per heavy atom. The predicted molar refractivity (Wildman–Crippen MR) is 37.7 cm³/mol. The molecular weight excluding hydrogens is 171 g/mol. The molecule has 2 atom stereocenters. The summed E-state index contributed by atoms with van der Waals surface area (Å²) < 4.78 is 36.9. The van der Waals surface area contributed by atoms with Gasteiger partial charge in [0.05, 0.1) is 0 Å². The molecule has 1 aliphatic heterocycles. The molecular formula is C7H12F3NO. The second kappa shape index (κ2) is 3.22. The monoisotopic (exact) mass is 183 g/mol. The fraction of sp³-hybridized carbons (Fsp3) is 1.00. The van der Waals surface area contributed by atoms with E-state index in [9.17, 15) is 13.2 Å². The van der Waals surface area contributed by atoms with Crippen LogP contribution in [0.25, 0.3) is 0 Å². The minimum absolute atomic E-state index is 0.380. The summed E-state index contributed by atoms with van der Waals surface area (Å²) in [5.74, 6) is -0.644. The summed E-state index contributed by atoms with van der Waals surface area (Å²) in [6, 6.07) is -1.46. The lowest BCUT2D eigenvalue weighted by molar-refractivity contribution is -0.184. The van der Waals surface area contributed by atoms with Crippen molar-refractivity contribution in [3.63, 3.8) is 0 Å². The number of alkyl halides is 3. The molecule has 0 radical (unpaired) electrons. The summed E-state index contributed by atoms with van der Waals surface area (Å²) in [7, 11) is 1.44. The van der Waals surface area contributed by atoms with Gasteiger partial charge in [-0.2, -0.15) is 13.2 Å². The Balaban J connectivity index is 2.70. The predicted octanol–water partition coefficient (Wildman–Crippen LogP) is 0.861. The zero-order valence-electron chi connectivity index (χ0n) is 6.80. The standard InChI is InChI=1S/C7H12F3NO/c1-11-3-2-5(4-12)6(11)7(8,9)10/h5-6,12H,2-4H2,1H3/t5-,6+/m1/s1. The zero-order chi connectivity index (χ0) is 9.35. The van der Waals surface area contributed by atoms with Gasteiger partial charge in [-0.15, -0.1) is 0 Å². The van der Waals surface area contributed by atoms with Gasteiger partial charge in [-0.1, -0.05) is 0 Å². The van der Waals surface area contributed by atoms with Crippen molar-refractivity contribution in [2.24, 2.45) is 5.92 Å². The molecule has 1 rings (SSSR count). The van der Waals surface area contributed by atoms with Crippen LogP contribution in [0, 0.1) is 5.92 Å². The number of nitrogens with zero attached hydrogens (tertiary/aromatic N) is 1. The molecule has 1 aliphatic rings. The highest BCUT2D eigenvalue weighted by Crippen LogP contribution is 2.35. The van der Waals surface area contributed by atoms with Crippen molar-refractivity contribution < 1.29 is 18.3 Å². The Hall–Kier alpha value is -0.290. The molecule has 0 unspecified atom stereocenters. The number of likely N-dealkylation sites (tertiary alicyclic amines) is 1. The van der Waals surface area contributed by atoms with Crippen LogP contribution in [0.4, 0.5) is 13.2 Å². The van der Waals surface area contributed by atoms with Crippen molar-refractivity contribution in [3.05, 3.63) is 0 Å². The van der Waals surface area contributed by atoms with Crippen LogP contribution in [0.5, 0.6) is 0 Å². The van der Waals surface area contributed by atoms with Crippen molar-refractivity contribution in [3.8, 4) is 0 Å². The highest BCUT2D eigenvalue weighted by molar-refractivity contribution is 4.89. The summed E-state index contributed by atoms with van der Waals surface area (Å²) in [6.45, 7) is 0.0317. The van der Waals surface area contributed by atoms with E-state index in [-0.39, 0.29) is 6.61 Å². The Labute approximate surface area is 69.0 Å². The topological polar surface area (TPSA) is 23.5 Å². The first-order valence-electron chi connectivity index (χ1n) is 3.84. The smallest absolute Gasteiger partial charge is 0.396 e. The maximum Gasteiger partial charge on any atom is 0.404 e. The number of rotatable bonds is 1. The second-order valence-electron chi connectivity index (χ2n) is 3.20. The van der Waals surface area contributed by atoms with Crippen LogP contribution in [0.3, 0.4) is 0 Å². The third kappa shape index (κ3) is 1.72. The molecule has 0 spiro atoms. The minimum Gasteiger partial charge on any atom is -0.396 e. The van der Waals surface area contributed by atoms with E-state index in [1.54, 1.807) is 0 Å². The summed E-state index contributed by atoms with van der Waals surface area (Å²) in [5, 5.41) is 8.69. The fourth-order valence-corrected chi connectivity index (χ4v) is 1.73. The van der Waals surface area contributed by atoms with Crippen LogP contribution in [-0.4, -0.2) is 42.4 Å². The molecule has 12 heavy (non-hydrogen) atoms. The van der Waals surface area contributed by atoms with Crippen LogP contribution in [-0.2, 0) is 0 Å². The Kier molecular flexibility index (Phi) is 2.63. The number of hydrogen-bond acceptors (Lipinski definition) is 2. The number of halogens is 3. The van der Waals surface area contributed by atoms with Gasteiger partial charge in [0, 0.05) is 12.5 Å². The van der Waals surface area contributed by atoms with Crippen molar-refractivity contribution in [1.29, 1.82) is 0 Å². The van der Waals surface area contributed by atoms with Crippen LogP contribution in [0.2, 0.25) is 0 Å². The van der Waals surface area contributed by atoms with Crippen LogP contribution in [0.1, 0.15) is 6.42 Å². The number of aliphatic hydroxyl groups is 1. The van der Waals surface area contributed by atoms with Gasteiger partial charge < -0.3 is 5.11 Å². The lowest BCUT2D eigenvalue weighted by atomic mass is 10.0. The Morgan fingerprint density at radius 2 is 2.08 bits per heavy atom. The van der Waals surface area contributed by atoms with Crippen LogP contribution >= 0.6 is 0 Å². The van der Waals surface area contributed by atoms with E-state index >= 15 is 0 Å². The van der Waals surface area contributed by atoms with E-state index in [1.807, 2.05) is 0 Å². The van der Waals surface area contributed by atoms with Gasteiger partial charge in [-0.3, -0.25) is 4.90 Å². The summed E-state index contributed by atoms with van der Waals surface area (Å²) in [4.78, 5) is 1.25. The van der Waals surface area contributed by atoms with Gasteiger partial charge in [-0.05, 0) is 20.0 Å². The molecule has 1 N–H and O–H groups in total. The second-order valence-corrected chi connectivity index (χ2v) is 3.20. The fourth-order valence-electron chi connectivity index (χ4n) is 1.73. The molecule has 0 aromatic rings. The van der Waals surface area contributed by atoms with E-state index in [4.69, 9.17) is 5.11 Å². The molecule has 0 saturated carbocycles. The largest absolute Gasteiger partial charge is 0.404 e. The van der Waals surface area contributed by atoms with Gasteiger partial charge in [-0.25, -0.2) is 0 Å². The minimum atomic E-state index is -4.21. The normalized spacial score (nSPS) is 32.8. The molecule has 1 saturated heterocycles. The molecule has 0 aromatic heterocycles. The molecule has 1 heterocycles. The van der Waals surface area contributed by atoms with Gasteiger partial charge in [0.25, 0.3) is 0 Å². The van der Waals surface area contributed by atoms with Crippen molar-refractivity contribution >= 4 is 0 Å². The van der Waals surface area contributed by atoms with Crippen molar-refractivity contribution in [2.75, 3.05) is 20.2 Å². The highest BCUT2D eigenvalue weighted by atomic mass is 19.4. The van der Waals surface area contributed by atoms with Crippen molar-refractivity contribution in [2.45, 2.75) is 18.6 Å². The summed E-state index contributed by atoms with van der Waals surface area (Å²) in [6.07, 6.45) is -3.78. The van der Waals surface area contributed by atoms with Gasteiger partial charge in [0.1, 0.15) is 6.04 Å². The maximum atomic E-state index is 12.3. The highest BCUT2D eigenvalue weighted by Gasteiger charge is 2.49. The van der Waals surface area contributed by atoms with E-state index < -0.39 is 18.1 Å². The van der Waals surface area contributed by atoms with Gasteiger partial charge in [0.15, 0.2) is 0 Å². The summed E-state index contributed by atoms with van der Waals surface area (Å²) >= 11 is 0. The lowest BCUT2D eigenvalue weighted by Gasteiger charge is -2.26. The first-order chi connectivity index (χ1) is 5.46. The first kappa shape index (κ1) is 9.80. The molecule has 2 nitrogen and oxygen atoms in total. The van der Waals surface area contributed by atoms with Crippen LogP contribution < -0.4 is 0 Å². The average Bonchev–Trinajstić information content (AvgIpc) is 2.29. The van der Waals surface area contributed by atoms with Gasteiger partial charge in [0.2, 0.25) is 0 Å². The van der Waals surface area contributed by atoms with Crippen molar-refractivity contribution in [1.82, 2.24) is 4.90 Å².